The number of aromatic nitrogens is 2. The summed E-state index contributed by atoms with van der Waals surface area (Å²) >= 11 is 3.56. The molecule has 1 N–H and O–H groups in total. The third kappa shape index (κ3) is 1.60. The fourth-order valence-corrected chi connectivity index (χ4v) is 2.09. The molecule has 14 heavy (non-hydrogen) atoms. The van der Waals surface area contributed by atoms with Crippen LogP contribution in [0.2, 0.25) is 0 Å². The van der Waals surface area contributed by atoms with Crippen molar-refractivity contribution >= 4 is 15.9 Å². The predicted octanol–water partition coefficient (Wildman–Crippen LogP) is 3.46. The molecule has 1 heterocycles. The van der Waals surface area contributed by atoms with E-state index in [0.29, 0.717) is 0 Å². The molecule has 0 unspecified atom stereocenters. The summed E-state index contributed by atoms with van der Waals surface area (Å²) in [5.74, 6) is 0. The van der Waals surface area contributed by atoms with Gasteiger partial charge in [-0.3, -0.25) is 5.10 Å². The van der Waals surface area contributed by atoms with E-state index >= 15 is 0 Å². The Kier molecular flexibility index (Phi) is 2.42. The van der Waals surface area contributed by atoms with Gasteiger partial charge in [-0.25, -0.2) is 0 Å². The van der Waals surface area contributed by atoms with Crippen LogP contribution in [0.25, 0.3) is 11.1 Å². The molecule has 0 bridgehead atoms. The minimum atomic E-state index is 1.11. The van der Waals surface area contributed by atoms with Gasteiger partial charge >= 0.3 is 0 Å². The minimum absolute atomic E-state index is 1.11. The molecule has 2 rings (SSSR count). The van der Waals surface area contributed by atoms with Crippen LogP contribution in [-0.4, -0.2) is 10.2 Å². The standard InChI is InChI=1S/C11H11BrN2/c1-7-3-10(9-5-13-14-6-9)11(12)4-8(7)2/h3-6H,1-2H3,(H,13,14). The van der Waals surface area contributed by atoms with Crippen molar-refractivity contribution in [3.8, 4) is 11.1 Å². The quantitative estimate of drug-likeness (QED) is 0.826. The smallest absolute Gasteiger partial charge is 0.0566 e. The van der Waals surface area contributed by atoms with Gasteiger partial charge in [-0.2, -0.15) is 5.10 Å². The van der Waals surface area contributed by atoms with Crippen molar-refractivity contribution in [3.05, 3.63) is 40.1 Å². The highest BCUT2D eigenvalue weighted by atomic mass is 79.9. The molecule has 0 saturated heterocycles. The largest absolute Gasteiger partial charge is 0.285 e. The molecule has 0 aliphatic rings. The highest BCUT2D eigenvalue weighted by molar-refractivity contribution is 9.10. The number of H-pyrrole nitrogens is 1. The zero-order valence-corrected chi connectivity index (χ0v) is 9.72. The Bertz CT molecular complexity index is 447. The third-order valence-corrected chi connectivity index (χ3v) is 3.05. The topological polar surface area (TPSA) is 28.7 Å². The van der Waals surface area contributed by atoms with Crippen LogP contribution in [0.1, 0.15) is 11.1 Å². The fourth-order valence-electron chi connectivity index (χ4n) is 1.40. The normalized spacial score (nSPS) is 10.5. The molecule has 0 atom stereocenters. The fraction of sp³-hybridized carbons (Fsp3) is 0.182. The summed E-state index contributed by atoms with van der Waals surface area (Å²) in [4.78, 5) is 0. The molecule has 0 amide bonds. The molecular formula is C11H11BrN2. The monoisotopic (exact) mass is 250 g/mol. The Morgan fingerprint density at radius 2 is 1.93 bits per heavy atom. The summed E-state index contributed by atoms with van der Waals surface area (Å²) in [6.07, 6.45) is 3.73. The molecule has 0 saturated carbocycles. The van der Waals surface area contributed by atoms with Gasteiger partial charge in [0.05, 0.1) is 6.20 Å². The maximum absolute atomic E-state index is 3.95. The number of nitrogens with zero attached hydrogens (tertiary/aromatic N) is 1. The SMILES string of the molecule is Cc1cc(Br)c(-c2cn[nH]c2)cc1C. The predicted molar refractivity (Wildman–Crippen MR) is 61.2 cm³/mol. The second kappa shape index (κ2) is 3.58. The van der Waals surface area contributed by atoms with Crippen molar-refractivity contribution in [2.45, 2.75) is 13.8 Å². The van der Waals surface area contributed by atoms with Gasteiger partial charge in [-0.1, -0.05) is 15.9 Å². The zero-order valence-electron chi connectivity index (χ0n) is 8.13. The highest BCUT2D eigenvalue weighted by Crippen LogP contribution is 2.29. The number of rotatable bonds is 1. The highest BCUT2D eigenvalue weighted by Gasteiger charge is 2.05. The molecule has 2 nitrogen and oxygen atoms in total. The molecule has 72 valence electrons. The van der Waals surface area contributed by atoms with E-state index in [1.54, 1.807) is 0 Å². The van der Waals surface area contributed by atoms with E-state index in [4.69, 9.17) is 0 Å². The van der Waals surface area contributed by atoms with Gasteiger partial charge in [-0.15, -0.1) is 0 Å². The Hall–Kier alpha value is -1.09. The lowest BCUT2D eigenvalue weighted by Gasteiger charge is -2.06. The van der Waals surface area contributed by atoms with Crippen LogP contribution in [0.4, 0.5) is 0 Å². The van der Waals surface area contributed by atoms with E-state index < -0.39 is 0 Å². The van der Waals surface area contributed by atoms with Crippen molar-refractivity contribution in [1.29, 1.82) is 0 Å². The van der Waals surface area contributed by atoms with Crippen molar-refractivity contribution in [2.24, 2.45) is 0 Å². The summed E-state index contributed by atoms with van der Waals surface area (Å²) < 4.78 is 1.11. The van der Waals surface area contributed by atoms with Crippen LogP contribution in [-0.2, 0) is 0 Å². The zero-order chi connectivity index (χ0) is 10.1. The lowest BCUT2D eigenvalue weighted by atomic mass is 10.0. The van der Waals surface area contributed by atoms with Crippen molar-refractivity contribution in [2.75, 3.05) is 0 Å². The molecule has 1 aromatic heterocycles. The minimum Gasteiger partial charge on any atom is -0.285 e. The third-order valence-electron chi connectivity index (χ3n) is 2.39. The van der Waals surface area contributed by atoms with Crippen molar-refractivity contribution < 1.29 is 0 Å². The number of nitrogens with one attached hydrogen (secondary N) is 1. The first-order valence-electron chi connectivity index (χ1n) is 4.44. The van der Waals surface area contributed by atoms with E-state index in [1.165, 1.54) is 16.7 Å². The lowest BCUT2D eigenvalue weighted by molar-refractivity contribution is 1.09. The maximum Gasteiger partial charge on any atom is 0.0566 e. The van der Waals surface area contributed by atoms with Crippen LogP contribution in [0, 0.1) is 13.8 Å². The molecule has 3 heteroatoms. The van der Waals surface area contributed by atoms with E-state index in [1.807, 2.05) is 12.4 Å². The van der Waals surface area contributed by atoms with Gasteiger partial charge in [0.1, 0.15) is 0 Å². The maximum atomic E-state index is 3.95. The summed E-state index contributed by atoms with van der Waals surface area (Å²) in [7, 11) is 0. The second-order valence-corrected chi connectivity index (χ2v) is 4.26. The van der Waals surface area contributed by atoms with Crippen molar-refractivity contribution in [3.63, 3.8) is 0 Å². The van der Waals surface area contributed by atoms with Gasteiger partial charge in [0.25, 0.3) is 0 Å². The molecule has 0 spiro atoms. The molecule has 0 fully saturated rings. The first kappa shape index (κ1) is 9.46. The molecule has 0 aliphatic heterocycles. The average molecular weight is 251 g/mol. The van der Waals surface area contributed by atoms with Crippen LogP contribution < -0.4 is 0 Å². The molecular weight excluding hydrogens is 240 g/mol. The first-order valence-corrected chi connectivity index (χ1v) is 5.23. The number of benzene rings is 1. The van der Waals surface area contributed by atoms with Crippen LogP contribution in [0.15, 0.2) is 29.0 Å². The Balaban J connectivity index is 2.60. The molecule has 0 aliphatic carbocycles. The van der Waals surface area contributed by atoms with E-state index in [9.17, 15) is 0 Å². The Morgan fingerprint density at radius 1 is 1.21 bits per heavy atom. The van der Waals surface area contributed by atoms with E-state index in [0.717, 1.165) is 10.0 Å². The van der Waals surface area contributed by atoms with Crippen LogP contribution in [0.5, 0.6) is 0 Å². The van der Waals surface area contributed by atoms with Gasteiger partial charge in [-0.05, 0) is 42.7 Å². The molecule has 0 radical (unpaired) electrons. The summed E-state index contributed by atoms with van der Waals surface area (Å²) in [5.41, 5.74) is 4.88. The Morgan fingerprint density at radius 3 is 2.57 bits per heavy atom. The summed E-state index contributed by atoms with van der Waals surface area (Å²) in [5, 5.41) is 6.76. The lowest BCUT2D eigenvalue weighted by Crippen LogP contribution is -1.84. The summed E-state index contributed by atoms with van der Waals surface area (Å²) in [6.45, 7) is 4.23. The number of aryl methyl sites for hydroxylation is 2. The van der Waals surface area contributed by atoms with Gasteiger partial charge < -0.3 is 0 Å². The van der Waals surface area contributed by atoms with Gasteiger partial charge in [0, 0.05) is 16.2 Å². The van der Waals surface area contributed by atoms with Crippen molar-refractivity contribution in [1.82, 2.24) is 10.2 Å². The van der Waals surface area contributed by atoms with Crippen LogP contribution in [0.3, 0.4) is 0 Å². The van der Waals surface area contributed by atoms with Crippen LogP contribution >= 0.6 is 15.9 Å². The van der Waals surface area contributed by atoms with Gasteiger partial charge in [0.15, 0.2) is 0 Å². The molecule has 2 aromatic rings. The average Bonchev–Trinajstić information content (AvgIpc) is 2.64. The van der Waals surface area contributed by atoms with Gasteiger partial charge in [0.2, 0.25) is 0 Å². The molecule has 1 aromatic carbocycles. The second-order valence-electron chi connectivity index (χ2n) is 3.40. The number of halogens is 1. The summed E-state index contributed by atoms with van der Waals surface area (Å²) in [6, 6.07) is 4.31. The number of aromatic amines is 1. The number of hydrogen-bond donors (Lipinski definition) is 1. The van der Waals surface area contributed by atoms with E-state index in [2.05, 4.69) is 52.1 Å². The Labute approximate surface area is 91.5 Å². The van der Waals surface area contributed by atoms with E-state index in [-0.39, 0.29) is 0 Å². The number of hydrogen-bond acceptors (Lipinski definition) is 1. The first-order chi connectivity index (χ1) is 6.68.